The van der Waals surface area contributed by atoms with Crippen molar-refractivity contribution in [2.75, 3.05) is 38.3 Å². The number of amides is 1. The lowest BCUT2D eigenvalue weighted by molar-refractivity contribution is 0.0946. The van der Waals surface area contributed by atoms with E-state index in [1.807, 2.05) is 24.3 Å². The van der Waals surface area contributed by atoms with Gasteiger partial charge in [-0.1, -0.05) is 0 Å². The van der Waals surface area contributed by atoms with Gasteiger partial charge in [0, 0.05) is 25.5 Å². The molecule has 1 aromatic heterocycles. The summed E-state index contributed by atoms with van der Waals surface area (Å²) < 4.78 is 10.7. The van der Waals surface area contributed by atoms with E-state index in [0.717, 1.165) is 24.6 Å². The van der Waals surface area contributed by atoms with Crippen molar-refractivity contribution in [3.05, 3.63) is 42.2 Å². The van der Waals surface area contributed by atoms with Gasteiger partial charge in [-0.3, -0.25) is 4.79 Å². The molecule has 0 saturated carbocycles. The standard InChI is InChI=1S/C18H22N4O3/c1-24-15-4-6-16(7-5-15)25-11-8-19-17(23)14-12-20-18(21-13-14)22-9-2-3-10-22/h4-7,12-13H,2-3,8-11H2,1H3,(H,19,23). The Morgan fingerprint density at radius 3 is 2.40 bits per heavy atom. The molecule has 0 spiro atoms. The van der Waals surface area contributed by atoms with E-state index in [2.05, 4.69) is 20.2 Å². The van der Waals surface area contributed by atoms with Gasteiger partial charge in [0.05, 0.1) is 19.2 Å². The molecule has 1 N–H and O–H groups in total. The van der Waals surface area contributed by atoms with Crippen LogP contribution in [0, 0.1) is 0 Å². The van der Waals surface area contributed by atoms with Crippen molar-refractivity contribution in [3.63, 3.8) is 0 Å². The predicted octanol–water partition coefficient (Wildman–Crippen LogP) is 1.89. The molecule has 0 unspecified atom stereocenters. The number of nitrogens with one attached hydrogen (secondary N) is 1. The summed E-state index contributed by atoms with van der Waals surface area (Å²) in [6.45, 7) is 2.74. The molecule has 3 rings (SSSR count). The minimum atomic E-state index is -0.202. The molecule has 0 aliphatic carbocycles. The van der Waals surface area contributed by atoms with Gasteiger partial charge < -0.3 is 19.7 Å². The van der Waals surface area contributed by atoms with E-state index in [4.69, 9.17) is 9.47 Å². The predicted molar refractivity (Wildman–Crippen MR) is 94.3 cm³/mol. The highest BCUT2D eigenvalue weighted by Gasteiger charge is 2.15. The van der Waals surface area contributed by atoms with Crippen molar-refractivity contribution in [1.29, 1.82) is 0 Å². The number of methoxy groups -OCH3 is 1. The van der Waals surface area contributed by atoms with E-state index >= 15 is 0 Å². The minimum absolute atomic E-state index is 0.202. The molecule has 1 aliphatic rings. The number of aromatic nitrogens is 2. The number of benzene rings is 1. The molecule has 0 radical (unpaired) electrons. The van der Waals surface area contributed by atoms with E-state index < -0.39 is 0 Å². The van der Waals surface area contributed by atoms with Crippen molar-refractivity contribution >= 4 is 11.9 Å². The Morgan fingerprint density at radius 2 is 1.76 bits per heavy atom. The Hall–Kier alpha value is -2.83. The van der Waals surface area contributed by atoms with Gasteiger partial charge in [0.15, 0.2) is 0 Å². The Morgan fingerprint density at radius 1 is 1.12 bits per heavy atom. The van der Waals surface area contributed by atoms with Crippen LogP contribution in [0.5, 0.6) is 11.5 Å². The third-order valence-corrected chi connectivity index (χ3v) is 4.01. The number of anilines is 1. The van der Waals surface area contributed by atoms with Gasteiger partial charge in [-0.25, -0.2) is 9.97 Å². The zero-order valence-electron chi connectivity index (χ0n) is 14.3. The Balaban J connectivity index is 1.42. The molecule has 1 fully saturated rings. The van der Waals surface area contributed by atoms with E-state index in [-0.39, 0.29) is 5.91 Å². The number of ether oxygens (including phenoxy) is 2. The second-order valence-electron chi connectivity index (χ2n) is 5.75. The van der Waals surface area contributed by atoms with Crippen molar-refractivity contribution < 1.29 is 14.3 Å². The summed E-state index contributed by atoms with van der Waals surface area (Å²) in [5.74, 6) is 1.99. The van der Waals surface area contributed by atoms with Crippen molar-refractivity contribution in [2.24, 2.45) is 0 Å². The van der Waals surface area contributed by atoms with Crippen molar-refractivity contribution in [2.45, 2.75) is 12.8 Å². The van der Waals surface area contributed by atoms with Crippen LogP contribution in [0.15, 0.2) is 36.7 Å². The molecule has 1 aliphatic heterocycles. The van der Waals surface area contributed by atoms with Gasteiger partial charge in [-0.2, -0.15) is 0 Å². The van der Waals surface area contributed by atoms with Crippen LogP contribution in [-0.2, 0) is 0 Å². The summed E-state index contributed by atoms with van der Waals surface area (Å²) in [6.07, 6.45) is 5.47. The summed E-state index contributed by atoms with van der Waals surface area (Å²) in [5.41, 5.74) is 0.451. The molecule has 132 valence electrons. The van der Waals surface area contributed by atoms with Crippen LogP contribution < -0.4 is 19.7 Å². The maximum absolute atomic E-state index is 12.1. The van der Waals surface area contributed by atoms with E-state index in [1.165, 1.54) is 12.8 Å². The third-order valence-electron chi connectivity index (χ3n) is 4.01. The highest BCUT2D eigenvalue weighted by atomic mass is 16.5. The van der Waals surface area contributed by atoms with Crippen molar-refractivity contribution in [3.8, 4) is 11.5 Å². The number of carbonyl (C=O) groups is 1. The van der Waals surface area contributed by atoms with Gasteiger partial charge >= 0.3 is 0 Å². The lowest BCUT2D eigenvalue weighted by Gasteiger charge is -2.14. The first-order chi connectivity index (χ1) is 12.3. The maximum atomic E-state index is 12.1. The quantitative estimate of drug-likeness (QED) is 0.775. The van der Waals surface area contributed by atoms with Crippen LogP contribution in [0.3, 0.4) is 0 Å². The Kier molecular flexibility index (Phi) is 5.66. The first kappa shape index (κ1) is 17.0. The van der Waals surface area contributed by atoms with Gasteiger partial charge in [0.25, 0.3) is 5.91 Å². The smallest absolute Gasteiger partial charge is 0.254 e. The summed E-state index contributed by atoms with van der Waals surface area (Å²) in [7, 11) is 1.62. The summed E-state index contributed by atoms with van der Waals surface area (Å²) in [4.78, 5) is 22.8. The van der Waals surface area contributed by atoms with Crippen LogP contribution in [0.1, 0.15) is 23.2 Å². The number of nitrogens with zero attached hydrogens (tertiary/aromatic N) is 3. The van der Waals surface area contributed by atoms with Gasteiger partial charge in [-0.05, 0) is 37.1 Å². The lowest BCUT2D eigenvalue weighted by Crippen LogP contribution is -2.28. The Labute approximate surface area is 147 Å². The fraction of sp³-hybridized carbons (Fsp3) is 0.389. The topological polar surface area (TPSA) is 76.6 Å². The van der Waals surface area contributed by atoms with E-state index in [9.17, 15) is 4.79 Å². The second kappa shape index (κ2) is 8.32. The fourth-order valence-electron chi connectivity index (χ4n) is 2.63. The highest BCUT2D eigenvalue weighted by Crippen LogP contribution is 2.17. The largest absolute Gasteiger partial charge is 0.497 e. The SMILES string of the molecule is COc1ccc(OCCNC(=O)c2cnc(N3CCCC3)nc2)cc1. The molecule has 1 amide bonds. The average molecular weight is 342 g/mol. The monoisotopic (exact) mass is 342 g/mol. The molecule has 0 bridgehead atoms. The van der Waals surface area contributed by atoms with Crippen LogP contribution >= 0.6 is 0 Å². The van der Waals surface area contributed by atoms with Crippen LogP contribution in [-0.4, -0.2) is 49.2 Å². The normalized spacial score (nSPS) is 13.6. The number of hydrogen-bond donors (Lipinski definition) is 1. The number of carbonyl (C=O) groups excluding carboxylic acids is 1. The zero-order chi connectivity index (χ0) is 17.5. The molecule has 1 saturated heterocycles. The second-order valence-corrected chi connectivity index (χ2v) is 5.75. The minimum Gasteiger partial charge on any atom is -0.497 e. The molecule has 25 heavy (non-hydrogen) atoms. The first-order valence-electron chi connectivity index (χ1n) is 8.38. The van der Waals surface area contributed by atoms with Gasteiger partial charge in [0.2, 0.25) is 5.95 Å². The van der Waals surface area contributed by atoms with Crippen LogP contribution in [0.4, 0.5) is 5.95 Å². The Bertz CT molecular complexity index is 682. The molecular weight excluding hydrogens is 320 g/mol. The average Bonchev–Trinajstić information content (AvgIpc) is 3.20. The van der Waals surface area contributed by atoms with Crippen LogP contribution in [0.2, 0.25) is 0 Å². The first-order valence-corrected chi connectivity index (χ1v) is 8.38. The zero-order valence-corrected chi connectivity index (χ0v) is 14.3. The van der Waals surface area contributed by atoms with Crippen LogP contribution in [0.25, 0.3) is 0 Å². The molecule has 7 nitrogen and oxygen atoms in total. The molecule has 1 aromatic carbocycles. The summed E-state index contributed by atoms with van der Waals surface area (Å²) in [6, 6.07) is 7.30. The fourth-order valence-corrected chi connectivity index (χ4v) is 2.63. The van der Waals surface area contributed by atoms with Crippen molar-refractivity contribution in [1.82, 2.24) is 15.3 Å². The highest BCUT2D eigenvalue weighted by molar-refractivity contribution is 5.93. The number of rotatable bonds is 7. The summed E-state index contributed by atoms with van der Waals surface area (Å²) in [5, 5.41) is 2.80. The molecule has 7 heteroatoms. The molecule has 2 aromatic rings. The van der Waals surface area contributed by atoms with E-state index in [1.54, 1.807) is 19.5 Å². The molecule has 2 heterocycles. The van der Waals surface area contributed by atoms with E-state index in [0.29, 0.717) is 24.7 Å². The van der Waals surface area contributed by atoms with Gasteiger partial charge in [-0.15, -0.1) is 0 Å². The maximum Gasteiger partial charge on any atom is 0.254 e. The lowest BCUT2D eigenvalue weighted by atomic mass is 10.3. The molecule has 0 atom stereocenters. The molecular formula is C18H22N4O3. The third kappa shape index (κ3) is 4.59. The summed E-state index contributed by atoms with van der Waals surface area (Å²) >= 11 is 0. The number of hydrogen-bond acceptors (Lipinski definition) is 6. The van der Waals surface area contributed by atoms with Gasteiger partial charge in [0.1, 0.15) is 18.1 Å².